The van der Waals surface area contributed by atoms with Gasteiger partial charge < -0.3 is 28.9 Å². The maximum atomic E-state index is 13.9. The van der Waals surface area contributed by atoms with Crippen LogP contribution in [0.4, 0.5) is 10.6 Å². The highest BCUT2D eigenvalue weighted by Gasteiger charge is 2.48. The molecule has 11 heteroatoms. The summed E-state index contributed by atoms with van der Waals surface area (Å²) in [5, 5.41) is 0.243. The number of hydrogen-bond donors (Lipinski definition) is 0. The molecule has 9 nitrogen and oxygen atoms in total. The highest BCUT2D eigenvalue weighted by Crippen LogP contribution is 2.47. The summed E-state index contributed by atoms with van der Waals surface area (Å²) in [6.45, 7) is 8.47. The average Bonchev–Trinajstić information content (AvgIpc) is 2.90. The van der Waals surface area contributed by atoms with E-state index in [1.807, 2.05) is 20.8 Å². The summed E-state index contributed by atoms with van der Waals surface area (Å²) in [6, 6.07) is -0.341. The number of ether oxygens (including phenoxy) is 3. The van der Waals surface area contributed by atoms with Crippen molar-refractivity contribution in [2.75, 3.05) is 50.9 Å². The van der Waals surface area contributed by atoms with Crippen molar-refractivity contribution in [1.29, 1.82) is 0 Å². The Hall–Kier alpha value is -1.97. The first kappa shape index (κ1) is 23.8. The minimum atomic E-state index is -0.597. The topological polar surface area (TPSA) is 84.4 Å². The van der Waals surface area contributed by atoms with Gasteiger partial charge in [-0.3, -0.25) is 4.79 Å². The molecule has 0 radical (unpaired) electrons. The third-order valence-electron chi connectivity index (χ3n) is 7.01. The van der Waals surface area contributed by atoms with Gasteiger partial charge in [-0.1, -0.05) is 23.2 Å². The lowest BCUT2D eigenvalue weighted by Crippen LogP contribution is -2.62. The number of morpholine rings is 1. The largest absolute Gasteiger partial charge is 0.489 e. The summed E-state index contributed by atoms with van der Waals surface area (Å²) >= 11 is 12.9. The Balaban J connectivity index is 1.47. The minimum absolute atomic E-state index is 0.111. The van der Waals surface area contributed by atoms with E-state index in [1.165, 1.54) is 0 Å². The number of pyridine rings is 1. The van der Waals surface area contributed by atoms with E-state index in [0.29, 0.717) is 50.8 Å². The summed E-state index contributed by atoms with van der Waals surface area (Å²) in [5.74, 6) is 0.567. The molecule has 0 N–H and O–H groups in total. The predicted octanol–water partition coefficient (Wildman–Crippen LogP) is 3.60. The van der Waals surface area contributed by atoms with E-state index in [0.717, 1.165) is 19.3 Å². The van der Waals surface area contributed by atoms with E-state index in [1.54, 1.807) is 9.80 Å². The number of halogens is 2. The second-order valence-corrected chi connectivity index (χ2v) is 11.2. The van der Waals surface area contributed by atoms with E-state index in [4.69, 9.17) is 37.4 Å². The lowest BCUT2D eigenvalue weighted by molar-refractivity contribution is 0.000869. The number of nitrogens with zero attached hydrogens (tertiary/aromatic N) is 4. The Bertz CT molecular complexity index is 1010. The molecule has 2 saturated heterocycles. The Labute approximate surface area is 209 Å². The fourth-order valence-electron chi connectivity index (χ4n) is 5.17. The van der Waals surface area contributed by atoms with Crippen LogP contribution in [-0.2, 0) is 9.47 Å². The van der Waals surface area contributed by atoms with Gasteiger partial charge >= 0.3 is 6.09 Å². The number of fused-ring (bicyclic) bond motifs is 2. The third-order valence-corrected chi connectivity index (χ3v) is 7.73. The van der Waals surface area contributed by atoms with Crippen LogP contribution < -0.4 is 9.64 Å². The summed E-state index contributed by atoms with van der Waals surface area (Å²) in [5.41, 5.74) is -0.436. The van der Waals surface area contributed by atoms with Crippen LogP contribution in [0.5, 0.6) is 5.75 Å². The number of hydrogen-bond acceptors (Lipinski definition) is 7. The maximum Gasteiger partial charge on any atom is 0.410 e. The molecule has 3 aliphatic heterocycles. The van der Waals surface area contributed by atoms with Crippen LogP contribution in [0, 0.1) is 0 Å². The first-order valence-corrected chi connectivity index (χ1v) is 12.5. The highest BCUT2D eigenvalue weighted by molar-refractivity contribution is 6.42. The van der Waals surface area contributed by atoms with Crippen LogP contribution in [0.15, 0.2) is 0 Å². The molecule has 34 heavy (non-hydrogen) atoms. The van der Waals surface area contributed by atoms with Crippen molar-refractivity contribution in [3.63, 3.8) is 0 Å². The second kappa shape index (κ2) is 8.60. The van der Waals surface area contributed by atoms with Crippen molar-refractivity contribution < 1.29 is 23.8 Å². The summed E-state index contributed by atoms with van der Waals surface area (Å²) in [6.07, 6.45) is 2.64. The molecule has 3 fully saturated rings. The van der Waals surface area contributed by atoms with Gasteiger partial charge in [0.25, 0.3) is 5.91 Å². The van der Waals surface area contributed by atoms with Gasteiger partial charge in [-0.25, -0.2) is 9.78 Å². The van der Waals surface area contributed by atoms with Gasteiger partial charge in [-0.2, -0.15) is 0 Å². The molecule has 1 aliphatic carbocycles. The van der Waals surface area contributed by atoms with E-state index >= 15 is 0 Å². The van der Waals surface area contributed by atoms with E-state index in [2.05, 4.69) is 9.88 Å². The zero-order valence-corrected chi connectivity index (χ0v) is 21.2. The average molecular weight is 513 g/mol. The number of carbonyl (C=O) groups is 2. The highest BCUT2D eigenvalue weighted by atomic mass is 35.5. The van der Waals surface area contributed by atoms with Gasteiger partial charge in [0, 0.05) is 26.2 Å². The molecule has 1 atom stereocenters. The molecule has 4 heterocycles. The van der Waals surface area contributed by atoms with Gasteiger partial charge in [0.05, 0.1) is 24.8 Å². The number of piperazine rings is 1. The van der Waals surface area contributed by atoms with Crippen LogP contribution >= 0.6 is 23.2 Å². The third kappa shape index (κ3) is 4.05. The van der Waals surface area contributed by atoms with Crippen molar-refractivity contribution in [1.82, 2.24) is 14.8 Å². The number of carbonyl (C=O) groups excluding carboxylic acids is 2. The maximum absolute atomic E-state index is 13.9. The molecule has 1 saturated carbocycles. The molecule has 1 aromatic heterocycles. The zero-order chi connectivity index (χ0) is 24.3. The molecular formula is C23H30Cl2N4O5. The molecular weight excluding hydrogens is 483 g/mol. The molecule has 0 unspecified atom stereocenters. The van der Waals surface area contributed by atoms with Crippen LogP contribution in [-0.4, -0.2) is 90.0 Å². The molecule has 5 rings (SSSR count). The summed E-state index contributed by atoms with van der Waals surface area (Å²) < 4.78 is 17.4. The smallest absolute Gasteiger partial charge is 0.410 e. The number of aromatic nitrogens is 1. The lowest BCUT2D eigenvalue weighted by atomic mass is 9.75. The minimum Gasteiger partial charge on any atom is -0.489 e. The van der Waals surface area contributed by atoms with Crippen molar-refractivity contribution in [2.24, 2.45) is 0 Å². The molecule has 0 bridgehead atoms. The molecule has 2 amide bonds. The van der Waals surface area contributed by atoms with Crippen molar-refractivity contribution in [2.45, 2.75) is 57.2 Å². The fourth-order valence-corrected chi connectivity index (χ4v) is 5.53. The zero-order valence-electron chi connectivity index (χ0n) is 19.7. The normalized spacial score (nSPS) is 24.1. The van der Waals surface area contributed by atoms with Crippen molar-refractivity contribution in [3.8, 4) is 5.75 Å². The van der Waals surface area contributed by atoms with Gasteiger partial charge in [0.2, 0.25) is 0 Å². The summed E-state index contributed by atoms with van der Waals surface area (Å²) in [7, 11) is 0. The Kier molecular flexibility index (Phi) is 6.01. The Morgan fingerprint density at radius 2 is 1.97 bits per heavy atom. The van der Waals surface area contributed by atoms with Crippen LogP contribution in [0.3, 0.4) is 0 Å². The molecule has 4 aliphatic rings. The number of amides is 2. The van der Waals surface area contributed by atoms with Crippen LogP contribution in [0.25, 0.3) is 0 Å². The first-order valence-electron chi connectivity index (χ1n) is 11.8. The summed E-state index contributed by atoms with van der Waals surface area (Å²) in [4.78, 5) is 36.7. The number of rotatable bonds is 1. The molecule has 186 valence electrons. The van der Waals surface area contributed by atoms with E-state index < -0.39 is 11.7 Å². The van der Waals surface area contributed by atoms with Gasteiger partial charge in [0.1, 0.15) is 28.6 Å². The standard InChI is InChI=1S/C23H30Cl2N4O5/c1-22(2,3)34-21(31)27-7-8-28-14(11-27)12-33-17-15(20(28)30)19(26-18(25)16(17)24)29-9-10-32-13-23(29)5-4-6-23/h14H,4-13H2,1-3H3/t14-/m1/s1. The number of anilines is 1. The molecule has 0 aromatic carbocycles. The quantitative estimate of drug-likeness (QED) is 0.531. The molecule has 1 aromatic rings. The van der Waals surface area contributed by atoms with E-state index in [9.17, 15) is 9.59 Å². The van der Waals surface area contributed by atoms with Gasteiger partial charge in [0.15, 0.2) is 10.9 Å². The van der Waals surface area contributed by atoms with Crippen molar-refractivity contribution in [3.05, 3.63) is 15.7 Å². The second-order valence-electron chi connectivity index (χ2n) is 10.4. The van der Waals surface area contributed by atoms with Gasteiger partial charge in [-0.15, -0.1) is 0 Å². The Morgan fingerprint density at radius 1 is 1.21 bits per heavy atom. The SMILES string of the molecule is CC(C)(C)OC(=O)N1CCN2C(=O)c3c(N4CCOCC45CCC5)nc(Cl)c(Cl)c3OC[C@H]2C1. The van der Waals surface area contributed by atoms with Crippen molar-refractivity contribution >= 4 is 41.0 Å². The fraction of sp³-hybridized carbons (Fsp3) is 0.696. The van der Waals surface area contributed by atoms with Crippen LogP contribution in [0.1, 0.15) is 50.4 Å². The van der Waals surface area contributed by atoms with Crippen LogP contribution in [0.2, 0.25) is 10.2 Å². The predicted molar refractivity (Wildman–Crippen MR) is 127 cm³/mol. The van der Waals surface area contributed by atoms with E-state index in [-0.39, 0.29) is 40.0 Å². The lowest BCUT2D eigenvalue weighted by Gasteiger charge is -2.53. The Morgan fingerprint density at radius 3 is 2.65 bits per heavy atom. The first-order chi connectivity index (χ1) is 16.1. The molecule has 1 spiro atoms. The van der Waals surface area contributed by atoms with Gasteiger partial charge in [-0.05, 0) is 40.0 Å². The monoisotopic (exact) mass is 512 g/mol.